The standard InChI is InChI=1S/C22H27N3O2.2ClH/c1-27-22(11-13-23-14-12-22)21(26)24-19-8-6-17(7-9-19)16-25-15-10-18-4-2-3-5-20(18)25;;/h2-9,23H,10-16H2,1H3,(H,24,26);2*1H. The Hall–Kier alpha value is -1.79. The highest BCUT2D eigenvalue weighted by Gasteiger charge is 2.39. The van der Waals surface area contributed by atoms with Gasteiger partial charge in [-0.15, -0.1) is 24.8 Å². The number of carbonyl (C=O) groups is 1. The number of carbonyl (C=O) groups excluding carboxylic acids is 1. The number of hydrogen-bond acceptors (Lipinski definition) is 4. The highest BCUT2D eigenvalue weighted by molar-refractivity contribution is 5.97. The predicted molar refractivity (Wildman–Crippen MR) is 123 cm³/mol. The van der Waals surface area contributed by atoms with E-state index in [9.17, 15) is 4.79 Å². The highest BCUT2D eigenvalue weighted by Crippen LogP contribution is 2.29. The molecule has 0 bridgehead atoms. The van der Waals surface area contributed by atoms with Gasteiger partial charge >= 0.3 is 0 Å². The largest absolute Gasteiger partial charge is 0.368 e. The maximum Gasteiger partial charge on any atom is 0.256 e. The lowest BCUT2D eigenvalue weighted by molar-refractivity contribution is -0.140. The number of ether oxygens (including phenoxy) is 1. The number of hydrogen-bond donors (Lipinski definition) is 2. The SMILES string of the molecule is COC1(C(=O)Nc2ccc(CN3CCc4ccccc43)cc2)CCNCC1.Cl.Cl. The van der Waals surface area contributed by atoms with E-state index >= 15 is 0 Å². The van der Waals surface area contributed by atoms with Crippen molar-refractivity contribution in [2.75, 3.05) is 37.0 Å². The maximum atomic E-state index is 12.7. The molecule has 0 aromatic heterocycles. The molecular formula is C22H29Cl2N3O2. The van der Waals surface area contributed by atoms with E-state index < -0.39 is 5.60 Å². The van der Waals surface area contributed by atoms with Gasteiger partial charge in [0.1, 0.15) is 5.60 Å². The molecule has 158 valence electrons. The minimum absolute atomic E-state index is 0. The highest BCUT2D eigenvalue weighted by atomic mass is 35.5. The Balaban J connectivity index is 0.00000150. The van der Waals surface area contributed by atoms with Crippen molar-refractivity contribution in [1.82, 2.24) is 5.32 Å². The van der Waals surface area contributed by atoms with Gasteiger partial charge in [0.2, 0.25) is 0 Å². The fourth-order valence-electron chi connectivity index (χ4n) is 4.08. The van der Waals surface area contributed by atoms with Crippen molar-refractivity contribution < 1.29 is 9.53 Å². The van der Waals surface area contributed by atoms with Gasteiger partial charge in [0.15, 0.2) is 0 Å². The number of anilines is 2. The number of fused-ring (bicyclic) bond motifs is 1. The van der Waals surface area contributed by atoms with Crippen molar-refractivity contribution in [3.05, 3.63) is 59.7 Å². The van der Waals surface area contributed by atoms with Crippen LogP contribution >= 0.6 is 24.8 Å². The molecule has 1 saturated heterocycles. The third kappa shape index (κ3) is 5.04. The lowest BCUT2D eigenvalue weighted by atomic mass is 9.91. The number of nitrogens with zero attached hydrogens (tertiary/aromatic N) is 1. The zero-order valence-corrected chi connectivity index (χ0v) is 18.3. The molecular weight excluding hydrogens is 409 g/mol. The van der Waals surface area contributed by atoms with Gasteiger partial charge in [-0.3, -0.25) is 4.79 Å². The van der Waals surface area contributed by atoms with Crippen molar-refractivity contribution in [3.8, 4) is 0 Å². The van der Waals surface area contributed by atoms with Gasteiger partial charge in [-0.25, -0.2) is 0 Å². The zero-order valence-electron chi connectivity index (χ0n) is 16.6. The molecule has 4 rings (SSSR count). The van der Waals surface area contributed by atoms with Crippen molar-refractivity contribution in [3.63, 3.8) is 0 Å². The summed E-state index contributed by atoms with van der Waals surface area (Å²) in [4.78, 5) is 15.2. The lowest BCUT2D eigenvalue weighted by Gasteiger charge is -2.34. The molecule has 0 aliphatic carbocycles. The summed E-state index contributed by atoms with van der Waals surface area (Å²) >= 11 is 0. The van der Waals surface area contributed by atoms with E-state index in [1.807, 2.05) is 12.1 Å². The quantitative estimate of drug-likeness (QED) is 0.746. The number of piperidine rings is 1. The molecule has 0 saturated carbocycles. The average Bonchev–Trinajstić information content (AvgIpc) is 3.13. The number of benzene rings is 2. The van der Waals surface area contributed by atoms with E-state index in [2.05, 4.69) is 51.9 Å². The molecule has 29 heavy (non-hydrogen) atoms. The molecule has 1 amide bonds. The Morgan fingerprint density at radius 1 is 1.10 bits per heavy atom. The van der Waals surface area contributed by atoms with Crippen LogP contribution in [-0.4, -0.2) is 38.3 Å². The van der Waals surface area contributed by atoms with Crippen LogP contribution in [0.2, 0.25) is 0 Å². The molecule has 0 spiro atoms. The van der Waals surface area contributed by atoms with Crippen molar-refractivity contribution in [2.24, 2.45) is 0 Å². The summed E-state index contributed by atoms with van der Waals surface area (Å²) in [5.74, 6) is -0.0484. The van der Waals surface area contributed by atoms with E-state index in [-0.39, 0.29) is 30.7 Å². The van der Waals surface area contributed by atoms with E-state index in [4.69, 9.17) is 4.74 Å². The monoisotopic (exact) mass is 437 g/mol. The fourth-order valence-corrected chi connectivity index (χ4v) is 4.08. The number of halogens is 2. The number of nitrogens with one attached hydrogen (secondary N) is 2. The maximum absolute atomic E-state index is 12.7. The second-order valence-electron chi connectivity index (χ2n) is 7.40. The van der Waals surface area contributed by atoms with E-state index in [0.717, 1.165) is 38.3 Å². The van der Waals surface area contributed by atoms with Crippen molar-refractivity contribution in [2.45, 2.75) is 31.4 Å². The van der Waals surface area contributed by atoms with E-state index in [1.54, 1.807) is 7.11 Å². The lowest BCUT2D eigenvalue weighted by Crippen LogP contribution is -2.51. The predicted octanol–water partition coefficient (Wildman–Crippen LogP) is 3.80. The van der Waals surface area contributed by atoms with Gasteiger partial charge < -0.3 is 20.3 Å². The average molecular weight is 438 g/mol. The van der Waals surface area contributed by atoms with Crippen molar-refractivity contribution in [1.29, 1.82) is 0 Å². The Morgan fingerprint density at radius 2 is 1.79 bits per heavy atom. The first-order valence-electron chi connectivity index (χ1n) is 9.69. The summed E-state index contributed by atoms with van der Waals surface area (Å²) in [6.07, 6.45) is 2.50. The third-order valence-electron chi connectivity index (χ3n) is 5.78. The molecule has 0 radical (unpaired) electrons. The summed E-state index contributed by atoms with van der Waals surface area (Å²) in [6, 6.07) is 16.8. The van der Waals surface area contributed by atoms with E-state index in [0.29, 0.717) is 12.8 Å². The molecule has 2 aromatic carbocycles. The summed E-state index contributed by atoms with van der Waals surface area (Å²) < 4.78 is 5.60. The molecule has 5 nitrogen and oxygen atoms in total. The van der Waals surface area contributed by atoms with Crippen LogP contribution in [0.5, 0.6) is 0 Å². The van der Waals surface area contributed by atoms with Crippen LogP contribution in [-0.2, 0) is 22.5 Å². The van der Waals surface area contributed by atoms with Crippen LogP contribution in [0.1, 0.15) is 24.0 Å². The van der Waals surface area contributed by atoms with Crippen LogP contribution in [0, 0.1) is 0 Å². The van der Waals surface area contributed by atoms with Gasteiger partial charge in [0.25, 0.3) is 5.91 Å². The fraction of sp³-hybridized carbons (Fsp3) is 0.409. The number of para-hydroxylation sites is 1. The van der Waals surface area contributed by atoms with Gasteiger partial charge in [-0.2, -0.15) is 0 Å². The summed E-state index contributed by atoms with van der Waals surface area (Å²) in [6.45, 7) is 3.55. The molecule has 2 heterocycles. The molecule has 2 aromatic rings. The van der Waals surface area contributed by atoms with Crippen LogP contribution in [0.25, 0.3) is 0 Å². The molecule has 1 fully saturated rings. The Bertz CT molecular complexity index is 808. The smallest absolute Gasteiger partial charge is 0.256 e. The van der Waals surface area contributed by atoms with Gasteiger partial charge in [0.05, 0.1) is 0 Å². The molecule has 2 aliphatic heterocycles. The molecule has 0 unspecified atom stereocenters. The summed E-state index contributed by atoms with van der Waals surface area (Å²) in [7, 11) is 1.63. The zero-order chi connectivity index (χ0) is 18.7. The molecule has 0 atom stereocenters. The summed E-state index contributed by atoms with van der Waals surface area (Å²) in [5, 5.41) is 6.31. The minimum atomic E-state index is -0.719. The van der Waals surface area contributed by atoms with Crippen molar-refractivity contribution >= 4 is 42.1 Å². The number of amides is 1. The summed E-state index contributed by atoms with van der Waals surface area (Å²) in [5.41, 5.74) is 4.10. The van der Waals surface area contributed by atoms with Gasteiger partial charge in [0, 0.05) is 31.6 Å². The first-order chi connectivity index (χ1) is 13.2. The van der Waals surface area contributed by atoms with Gasteiger partial charge in [-0.1, -0.05) is 30.3 Å². The number of methoxy groups -OCH3 is 1. The van der Waals surface area contributed by atoms with Gasteiger partial charge in [-0.05, 0) is 61.7 Å². The topological polar surface area (TPSA) is 53.6 Å². The van der Waals surface area contributed by atoms with Crippen LogP contribution in [0.3, 0.4) is 0 Å². The Kier molecular flexibility index (Phi) is 8.34. The number of rotatable bonds is 5. The molecule has 7 heteroatoms. The normalized spacial score (nSPS) is 16.9. The van der Waals surface area contributed by atoms with Crippen LogP contribution < -0.4 is 15.5 Å². The molecule has 2 aliphatic rings. The second-order valence-corrected chi connectivity index (χ2v) is 7.40. The third-order valence-corrected chi connectivity index (χ3v) is 5.78. The van der Waals surface area contributed by atoms with Crippen LogP contribution in [0.15, 0.2) is 48.5 Å². The Labute approximate surface area is 185 Å². The second kappa shape index (κ2) is 10.3. The van der Waals surface area contributed by atoms with Crippen LogP contribution in [0.4, 0.5) is 11.4 Å². The first-order valence-corrected chi connectivity index (χ1v) is 9.69. The Morgan fingerprint density at radius 3 is 2.48 bits per heavy atom. The van der Waals surface area contributed by atoms with E-state index in [1.165, 1.54) is 16.8 Å². The minimum Gasteiger partial charge on any atom is -0.368 e. The first kappa shape index (κ1) is 23.5. The molecule has 2 N–H and O–H groups in total.